The molecule has 0 unspecified atom stereocenters. The number of carbonyl (C=O) groups is 1. The molecule has 45 heavy (non-hydrogen) atoms. The predicted octanol–water partition coefficient (Wildman–Crippen LogP) is 5.18. The van der Waals surface area contributed by atoms with Crippen LogP contribution in [0.5, 0.6) is 0 Å². The summed E-state index contributed by atoms with van der Waals surface area (Å²) in [6, 6.07) is 10.2. The Bertz CT molecular complexity index is 1810. The number of sulfone groups is 1. The largest absolute Gasteiger partial charge is 0.460 e. The van der Waals surface area contributed by atoms with E-state index in [2.05, 4.69) is 15.2 Å². The van der Waals surface area contributed by atoms with Gasteiger partial charge in [-0.3, -0.25) is 14.7 Å². The molecule has 1 amide bonds. The summed E-state index contributed by atoms with van der Waals surface area (Å²) in [5, 5.41) is 13.3. The van der Waals surface area contributed by atoms with E-state index in [0.29, 0.717) is 41.9 Å². The molecule has 4 aromatic rings. The van der Waals surface area contributed by atoms with Gasteiger partial charge in [-0.1, -0.05) is 24.6 Å². The van der Waals surface area contributed by atoms with Crippen LogP contribution >= 0.6 is 11.6 Å². The van der Waals surface area contributed by atoms with Crippen LogP contribution in [0, 0.1) is 0 Å². The maximum atomic E-state index is 13.9. The number of hydrogen-bond donors (Lipinski definition) is 2. The number of amides is 1. The van der Waals surface area contributed by atoms with Gasteiger partial charge >= 0.3 is 6.18 Å². The lowest BCUT2D eigenvalue weighted by Crippen LogP contribution is -2.50. The average molecular weight is 666 g/mol. The number of alkyl halides is 3. The van der Waals surface area contributed by atoms with Crippen LogP contribution in [0.3, 0.4) is 0 Å². The molecule has 14 heteroatoms. The summed E-state index contributed by atoms with van der Waals surface area (Å²) in [5.41, 5.74) is 0.607. The van der Waals surface area contributed by atoms with Gasteiger partial charge in [0.15, 0.2) is 9.84 Å². The minimum atomic E-state index is -4.62. The highest BCUT2D eigenvalue weighted by Gasteiger charge is 2.35. The molecule has 0 bridgehead atoms. The van der Waals surface area contributed by atoms with Gasteiger partial charge in [-0.05, 0) is 48.0 Å². The summed E-state index contributed by atoms with van der Waals surface area (Å²) in [6.07, 6.45) is -3.53. The number of fused-ring (bicyclic) bond motifs is 1. The van der Waals surface area contributed by atoms with E-state index in [1.54, 1.807) is 19.2 Å². The van der Waals surface area contributed by atoms with E-state index in [4.69, 9.17) is 20.8 Å². The fourth-order valence-electron chi connectivity index (χ4n) is 5.23. The van der Waals surface area contributed by atoms with Gasteiger partial charge in [0.05, 0.1) is 40.7 Å². The number of methoxy groups -OCH3 is 1. The maximum Gasteiger partial charge on any atom is 0.416 e. The first-order valence-electron chi connectivity index (χ1n) is 14.1. The predicted molar refractivity (Wildman–Crippen MR) is 161 cm³/mol. The molecule has 2 N–H and O–H groups in total. The molecule has 2 aromatic carbocycles. The Balaban J connectivity index is 1.44. The summed E-state index contributed by atoms with van der Waals surface area (Å²) >= 11 is 5.88. The van der Waals surface area contributed by atoms with E-state index >= 15 is 0 Å². The number of aliphatic hydroxyl groups is 1. The van der Waals surface area contributed by atoms with Crippen molar-refractivity contribution in [3.63, 3.8) is 0 Å². The van der Waals surface area contributed by atoms with Gasteiger partial charge in [0.25, 0.3) is 5.91 Å². The highest BCUT2D eigenvalue weighted by atomic mass is 35.5. The second-order valence-corrected chi connectivity index (χ2v) is 13.5. The van der Waals surface area contributed by atoms with Crippen molar-refractivity contribution in [2.24, 2.45) is 0 Å². The van der Waals surface area contributed by atoms with E-state index in [-0.39, 0.29) is 45.0 Å². The summed E-state index contributed by atoms with van der Waals surface area (Å²) in [5.74, 6) is -0.331. The van der Waals surface area contributed by atoms with E-state index in [1.165, 1.54) is 43.5 Å². The molecule has 1 fully saturated rings. The van der Waals surface area contributed by atoms with Crippen molar-refractivity contribution in [1.29, 1.82) is 0 Å². The number of rotatable bonds is 11. The summed E-state index contributed by atoms with van der Waals surface area (Å²) in [7, 11) is -1.85. The molecular weight excluding hydrogens is 635 g/mol. The van der Waals surface area contributed by atoms with Crippen molar-refractivity contribution >= 4 is 38.3 Å². The first kappa shape index (κ1) is 32.9. The van der Waals surface area contributed by atoms with Crippen molar-refractivity contribution in [3.05, 3.63) is 93.5 Å². The number of furan rings is 1. The van der Waals surface area contributed by atoms with Gasteiger partial charge in [0, 0.05) is 60.9 Å². The molecule has 1 aliphatic heterocycles. The Morgan fingerprint density at radius 2 is 1.96 bits per heavy atom. The van der Waals surface area contributed by atoms with Gasteiger partial charge in [-0.2, -0.15) is 13.2 Å². The third kappa shape index (κ3) is 7.17. The third-order valence-electron chi connectivity index (χ3n) is 7.85. The first-order chi connectivity index (χ1) is 21.3. The molecule has 1 atom stereocenters. The normalized spacial score (nSPS) is 15.3. The molecule has 1 saturated heterocycles. The second kappa shape index (κ2) is 13.1. The topological polar surface area (TPSA) is 122 Å². The number of halogens is 4. The molecule has 0 aliphatic carbocycles. The summed E-state index contributed by atoms with van der Waals surface area (Å²) in [6.45, 7) is 2.72. The molecular formula is C31H31ClF3N3O6S. The van der Waals surface area contributed by atoms with E-state index in [1.807, 2.05) is 0 Å². The lowest BCUT2D eigenvalue weighted by atomic mass is 9.98. The summed E-state index contributed by atoms with van der Waals surface area (Å²) < 4.78 is 77.3. The number of nitrogens with one attached hydrogen (secondary N) is 1. The molecule has 2 aromatic heterocycles. The van der Waals surface area contributed by atoms with Gasteiger partial charge < -0.3 is 19.6 Å². The van der Waals surface area contributed by atoms with Crippen LogP contribution in [0.2, 0.25) is 5.02 Å². The third-order valence-corrected chi connectivity index (χ3v) is 9.80. The highest BCUT2D eigenvalue weighted by Crippen LogP contribution is 2.37. The molecule has 3 heterocycles. The van der Waals surface area contributed by atoms with Gasteiger partial charge in [-0.15, -0.1) is 0 Å². The SMILES string of the molecule is CCS(=O)(=O)c1ccc([C@H](CO)NC(=O)c2ccc3c(CN4CC(OC)C4)c(Cc4ccc(Cl)cc4C(F)(F)F)oc3c2)nc1. The number of nitrogens with zero attached hydrogens (tertiary/aromatic N) is 2. The Kier molecular flexibility index (Phi) is 9.57. The number of carbonyl (C=O) groups excluding carboxylic acids is 1. The number of ether oxygens (including phenoxy) is 1. The molecule has 0 saturated carbocycles. The van der Waals surface area contributed by atoms with E-state index < -0.39 is 40.1 Å². The zero-order valence-electron chi connectivity index (χ0n) is 24.4. The number of aromatic nitrogens is 1. The van der Waals surface area contributed by atoms with Crippen LogP contribution in [-0.4, -0.2) is 68.0 Å². The monoisotopic (exact) mass is 665 g/mol. The summed E-state index contributed by atoms with van der Waals surface area (Å²) in [4.78, 5) is 19.5. The fourth-order valence-corrected chi connectivity index (χ4v) is 6.22. The Morgan fingerprint density at radius 3 is 2.58 bits per heavy atom. The van der Waals surface area contributed by atoms with Gasteiger partial charge in [-0.25, -0.2) is 8.42 Å². The van der Waals surface area contributed by atoms with Crippen LogP contribution in [-0.2, 0) is 33.7 Å². The van der Waals surface area contributed by atoms with Crippen LogP contribution in [0.15, 0.2) is 64.0 Å². The van der Waals surface area contributed by atoms with Crippen LogP contribution in [0.1, 0.15) is 51.5 Å². The zero-order chi connectivity index (χ0) is 32.5. The van der Waals surface area contributed by atoms with E-state index in [9.17, 15) is 31.5 Å². The van der Waals surface area contributed by atoms with Crippen molar-refractivity contribution in [3.8, 4) is 0 Å². The van der Waals surface area contributed by atoms with Crippen LogP contribution in [0.25, 0.3) is 11.0 Å². The zero-order valence-corrected chi connectivity index (χ0v) is 26.0. The maximum absolute atomic E-state index is 13.9. The number of likely N-dealkylation sites (tertiary alicyclic amines) is 1. The highest BCUT2D eigenvalue weighted by molar-refractivity contribution is 7.91. The lowest BCUT2D eigenvalue weighted by Gasteiger charge is -2.38. The van der Waals surface area contributed by atoms with Crippen LogP contribution < -0.4 is 5.32 Å². The van der Waals surface area contributed by atoms with Crippen LogP contribution in [0.4, 0.5) is 13.2 Å². The quantitative estimate of drug-likeness (QED) is 0.225. The minimum Gasteiger partial charge on any atom is -0.460 e. The molecule has 0 spiro atoms. The average Bonchev–Trinajstić information content (AvgIpc) is 3.33. The number of aliphatic hydroxyl groups excluding tert-OH is 1. The molecule has 5 rings (SSSR count). The second-order valence-electron chi connectivity index (χ2n) is 10.8. The Hall–Kier alpha value is -3.49. The first-order valence-corrected chi connectivity index (χ1v) is 16.1. The van der Waals surface area contributed by atoms with Crippen molar-refractivity contribution in [2.45, 2.75) is 43.1 Å². The molecule has 9 nitrogen and oxygen atoms in total. The minimum absolute atomic E-state index is 0.000377. The standard InChI is InChI=1S/C31H31ClF3N3O6S/c1-3-45(41,42)22-7-9-26(36-13-22)27(17-39)37-30(40)19-5-8-23-24(16-38-14-21(15-38)43-2)29(44-28(23)11-19)10-18-4-6-20(32)12-25(18)31(33,34)35/h4-9,11-13,21,27,39H,3,10,14-17H2,1-2H3,(H,37,40)/t27-/m0/s1. The molecule has 1 aliphatic rings. The number of hydrogen-bond acceptors (Lipinski definition) is 8. The van der Waals surface area contributed by atoms with E-state index in [0.717, 1.165) is 6.07 Å². The Morgan fingerprint density at radius 1 is 1.20 bits per heavy atom. The molecule has 0 radical (unpaired) electrons. The van der Waals surface area contributed by atoms with Crippen molar-refractivity contribution < 1.29 is 40.6 Å². The fraction of sp³-hybridized carbons (Fsp3) is 0.355. The van der Waals surface area contributed by atoms with Gasteiger partial charge in [0.2, 0.25) is 0 Å². The van der Waals surface area contributed by atoms with Crippen molar-refractivity contribution in [1.82, 2.24) is 15.2 Å². The lowest BCUT2D eigenvalue weighted by molar-refractivity contribution is -0.138. The van der Waals surface area contributed by atoms with Gasteiger partial charge in [0.1, 0.15) is 11.3 Å². The smallest absolute Gasteiger partial charge is 0.416 e. The van der Waals surface area contributed by atoms with Crippen molar-refractivity contribution in [2.75, 3.05) is 32.6 Å². The number of pyridine rings is 1. The Labute approximate surface area is 262 Å². The number of benzene rings is 2. The molecule has 240 valence electrons.